The molecule has 1 unspecified atom stereocenters. The molecule has 0 saturated carbocycles. The zero-order valence-electron chi connectivity index (χ0n) is 40.7. The Hall–Kier alpha value is -6.56. The van der Waals surface area contributed by atoms with Gasteiger partial charge in [0.2, 0.25) is 17.7 Å². The van der Waals surface area contributed by atoms with Gasteiger partial charge < -0.3 is 46.6 Å². The Morgan fingerprint density at radius 2 is 0.972 bits per heavy atom. The van der Waals surface area contributed by atoms with Gasteiger partial charge in [-0.2, -0.15) is 0 Å². The number of carboxylic acids is 6. The average molecular weight is 1010 g/mol. The molecule has 3 amide bonds. The first-order valence-electron chi connectivity index (χ1n) is 24.3. The molecule has 1 fully saturated rings. The molecule has 2 aromatic carbocycles. The van der Waals surface area contributed by atoms with Crippen molar-refractivity contribution in [1.82, 2.24) is 35.6 Å². The number of ketones is 1. The van der Waals surface area contributed by atoms with Crippen molar-refractivity contribution >= 4 is 70.1 Å². The number of carboxylic acid groups (broad SMARTS) is 6. The second kappa shape index (κ2) is 32.4. The Bertz CT molecular complexity index is 2130. The van der Waals surface area contributed by atoms with E-state index in [2.05, 4.69) is 16.0 Å². The van der Waals surface area contributed by atoms with Gasteiger partial charge in [0.05, 0.1) is 38.0 Å². The Morgan fingerprint density at radius 1 is 0.486 bits per heavy atom. The summed E-state index contributed by atoms with van der Waals surface area (Å²) in [5.74, 6) is -11.0. The first kappa shape index (κ1) is 59.7. The first-order chi connectivity index (χ1) is 34.3. The van der Waals surface area contributed by atoms with Gasteiger partial charge >= 0.3 is 35.8 Å². The lowest BCUT2D eigenvalue weighted by molar-refractivity contribution is -0.146. The minimum atomic E-state index is -1.33. The molecule has 0 aromatic heterocycles. The van der Waals surface area contributed by atoms with Crippen LogP contribution in [0.2, 0.25) is 0 Å². The molecule has 3 atom stereocenters. The molecule has 1 aliphatic rings. The van der Waals surface area contributed by atoms with Crippen molar-refractivity contribution in [3.63, 3.8) is 0 Å². The van der Waals surface area contributed by atoms with Crippen LogP contribution in [0, 0.1) is 11.8 Å². The molecule has 1 aliphatic heterocycles. The third-order valence-electron chi connectivity index (χ3n) is 12.3. The minimum Gasteiger partial charge on any atom is -0.481 e. The molecule has 1 heterocycles. The maximum atomic E-state index is 13.6. The number of Topliss-reactive ketones (excluding diaryl/α,β-unsaturated/α-hetero) is 1. The smallest absolute Gasteiger partial charge is 0.317 e. The van der Waals surface area contributed by atoms with Gasteiger partial charge in [-0.1, -0.05) is 55.3 Å². The molecule has 1 saturated heterocycles. The van der Waals surface area contributed by atoms with E-state index in [4.69, 9.17) is 5.11 Å². The maximum Gasteiger partial charge on any atom is 0.317 e. The molecule has 0 bridgehead atoms. The molecule has 0 spiro atoms. The predicted octanol–water partition coefficient (Wildman–Crippen LogP) is 0.921. The second-order valence-corrected chi connectivity index (χ2v) is 18.2. The van der Waals surface area contributed by atoms with Crippen LogP contribution in [0.5, 0.6) is 0 Å². The molecule has 0 aliphatic carbocycles. The summed E-state index contributed by atoms with van der Waals surface area (Å²) in [6, 6.07) is 12.5. The second-order valence-electron chi connectivity index (χ2n) is 18.2. The zero-order valence-corrected chi connectivity index (χ0v) is 40.7. The van der Waals surface area contributed by atoms with Crippen LogP contribution >= 0.6 is 0 Å². The summed E-state index contributed by atoms with van der Waals surface area (Å²) in [6.45, 7) is 1.72. The third-order valence-corrected chi connectivity index (χ3v) is 12.3. The van der Waals surface area contributed by atoms with E-state index >= 15 is 0 Å². The molecule has 72 heavy (non-hydrogen) atoms. The summed E-state index contributed by atoms with van der Waals surface area (Å²) in [5.41, 5.74) is 0.805. The highest BCUT2D eigenvalue weighted by atomic mass is 16.4. The van der Waals surface area contributed by atoms with Gasteiger partial charge in [0.15, 0.2) is 0 Å². The minimum absolute atomic E-state index is 0.0325. The van der Waals surface area contributed by atoms with Gasteiger partial charge in [-0.3, -0.25) is 67.5 Å². The number of aliphatic carboxylic acids is 6. The van der Waals surface area contributed by atoms with Crippen LogP contribution in [0.25, 0.3) is 10.8 Å². The van der Waals surface area contributed by atoms with Gasteiger partial charge in [-0.05, 0) is 48.4 Å². The fraction of sp³-hybridized carbons (Fsp3) is 0.592. The third kappa shape index (κ3) is 25.0. The van der Waals surface area contributed by atoms with E-state index in [9.17, 15) is 73.5 Å². The lowest BCUT2D eigenvalue weighted by Crippen LogP contribution is -2.49. The van der Waals surface area contributed by atoms with E-state index in [1.807, 2.05) is 47.4 Å². The summed E-state index contributed by atoms with van der Waals surface area (Å²) in [4.78, 5) is 128. The Morgan fingerprint density at radius 3 is 1.49 bits per heavy atom. The normalized spacial score (nSPS) is 15.7. The topological polar surface area (TPSA) is 341 Å². The Labute approximate surface area is 417 Å². The van der Waals surface area contributed by atoms with Crippen LogP contribution in [0.1, 0.15) is 76.2 Å². The fourth-order valence-electron chi connectivity index (χ4n) is 8.34. The van der Waals surface area contributed by atoms with Gasteiger partial charge in [-0.15, -0.1) is 0 Å². The van der Waals surface area contributed by atoms with Crippen LogP contribution in [0.15, 0.2) is 42.5 Å². The van der Waals surface area contributed by atoms with E-state index in [0.717, 1.165) is 16.3 Å². The number of amides is 3. The number of rotatable bonds is 32. The Kier molecular flexibility index (Phi) is 26.9. The van der Waals surface area contributed by atoms with Gasteiger partial charge in [0.1, 0.15) is 11.8 Å². The number of nitrogens with zero attached hydrogens (tertiary/aromatic N) is 4. The van der Waals surface area contributed by atoms with Crippen LogP contribution in [0.4, 0.5) is 0 Å². The van der Waals surface area contributed by atoms with Crippen molar-refractivity contribution in [2.75, 3.05) is 91.6 Å². The quantitative estimate of drug-likeness (QED) is 0.0460. The number of unbranched alkanes of at least 4 members (excludes halogenated alkanes) is 3. The molecule has 2 aromatic rings. The summed E-state index contributed by atoms with van der Waals surface area (Å²) >= 11 is 0. The van der Waals surface area contributed by atoms with Crippen LogP contribution in [-0.2, 0) is 54.4 Å². The monoisotopic (exact) mass is 1010 g/mol. The molecular weight excluding hydrogens is 943 g/mol. The summed E-state index contributed by atoms with van der Waals surface area (Å²) in [5, 5.41) is 66.8. The molecule has 23 heteroatoms. The van der Waals surface area contributed by atoms with E-state index < -0.39 is 84.6 Å². The van der Waals surface area contributed by atoms with Crippen molar-refractivity contribution in [1.29, 1.82) is 0 Å². The lowest BCUT2D eigenvalue weighted by Gasteiger charge is -2.32. The van der Waals surface area contributed by atoms with E-state index in [1.54, 1.807) is 14.7 Å². The number of hydrogen-bond donors (Lipinski definition) is 9. The summed E-state index contributed by atoms with van der Waals surface area (Å²) in [6.07, 6.45) is 0.973. The predicted molar refractivity (Wildman–Crippen MR) is 260 cm³/mol. The number of hydrogen-bond acceptors (Lipinski definition) is 14. The molecule has 3 rings (SSSR count). The summed E-state index contributed by atoms with van der Waals surface area (Å²) < 4.78 is 0. The summed E-state index contributed by atoms with van der Waals surface area (Å²) in [7, 11) is 0. The number of nitrogens with one attached hydrogen (secondary N) is 3. The average Bonchev–Trinajstić information content (AvgIpc) is 3.30. The zero-order chi connectivity index (χ0) is 53.0. The number of benzene rings is 2. The van der Waals surface area contributed by atoms with Crippen LogP contribution < -0.4 is 16.0 Å². The number of carbonyl (C=O) groups excluding carboxylic acids is 4. The highest BCUT2D eigenvalue weighted by Crippen LogP contribution is 2.20. The molecule has 0 radical (unpaired) electrons. The van der Waals surface area contributed by atoms with E-state index in [0.29, 0.717) is 51.7 Å². The Balaban J connectivity index is 1.51. The van der Waals surface area contributed by atoms with Crippen molar-refractivity contribution in [2.24, 2.45) is 11.8 Å². The van der Waals surface area contributed by atoms with E-state index in [-0.39, 0.29) is 109 Å². The largest absolute Gasteiger partial charge is 0.481 e. The molecule has 23 nitrogen and oxygen atoms in total. The van der Waals surface area contributed by atoms with Crippen molar-refractivity contribution in [3.05, 3.63) is 48.0 Å². The van der Waals surface area contributed by atoms with E-state index in [1.165, 1.54) is 0 Å². The molecule has 9 N–H and O–H groups in total. The highest BCUT2D eigenvalue weighted by molar-refractivity contribution is 5.89. The maximum absolute atomic E-state index is 13.6. The molecule has 398 valence electrons. The fourth-order valence-corrected chi connectivity index (χ4v) is 8.34. The number of carbonyl (C=O) groups is 10. The molecular formula is C49H71N7O16. The van der Waals surface area contributed by atoms with Crippen molar-refractivity contribution in [3.8, 4) is 0 Å². The SMILES string of the molecule is O=C(O)CC[C@H](CC(=O)C[C@@H](CCCCNC(=O)C(Cc1ccc2ccccc2c1)NC(=O)CCCCCNC(=O)CN1CCN(CC(=O)O)CCN(CC(=O)O)CCN(CC(=O)O)CC1)C(=O)O)C(=O)O. The lowest BCUT2D eigenvalue weighted by atomic mass is 9.90. The standard InChI is InChI=1S/C49H71N7O16/c57-39(29-38(49(71)72)14-15-43(60)61)28-37(48(69)70)10-5-7-17-51-47(68)40(27-34-12-13-35-8-3-4-9-36(35)26-34)52-41(58)11-2-1-6-16-50-42(59)30-53-18-20-54(31-44(62)63)22-24-56(33-46(66)67)25-23-55(21-19-53)32-45(64)65/h3-4,8-9,12-13,26,37-38,40H,1-2,5-7,10-11,14-25,27-33H2,(H,50,59)(H,51,68)(H,52,58)(H,60,61)(H,62,63)(H,64,65)(H,66,67)(H,69,70)(H,71,72)/t37-,38-,40?/m1/s1. The highest BCUT2D eigenvalue weighted by Gasteiger charge is 2.27. The van der Waals surface area contributed by atoms with Crippen LogP contribution in [0.3, 0.4) is 0 Å². The number of fused-ring (bicyclic) bond motifs is 1. The van der Waals surface area contributed by atoms with Gasteiger partial charge in [-0.25, -0.2) is 0 Å². The van der Waals surface area contributed by atoms with Gasteiger partial charge in [0, 0.05) is 97.6 Å². The van der Waals surface area contributed by atoms with Crippen molar-refractivity contribution in [2.45, 2.75) is 83.1 Å². The van der Waals surface area contributed by atoms with Gasteiger partial charge in [0.25, 0.3) is 0 Å². The van der Waals surface area contributed by atoms with Crippen LogP contribution in [-0.4, -0.2) is 207 Å². The van der Waals surface area contributed by atoms with Crippen molar-refractivity contribution < 1.29 is 78.6 Å². The first-order valence-corrected chi connectivity index (χ1v) is 24.3.